The van der Waals surface area contributed by atoms with E-state index in [1.165, 1.54) is 0 Å². The van der Waals surface area contributed by atoms with Crippen LogP contribution >= 0.6 is 11.8 Å². The quantitative estimate of drug-likeness (QED) is 0.798. The van der Waals surface area contributed by atoms with Gasteiger partial charge in [0.15, 0.2) is 0 Å². The van der Waals surface area contributed by atoms with Gasteiger partial charge in [-0.15, -0.1) is 0 Å². The Morgan fingerprint density at radius 1 is 1.57 bits per heavy atom. The van der Waals surface area contributed by atoms with Gasteiger partial charge < -0.3 is 10.6 Å². The van der Waals surface area contributed by atoms with Crippen molar-refractivity contribution < 1.29 is 0 Å². The Hall–Kier alpha value is -0.740. The van der Waals surface area contributed by atoms with Gasteiger partial charge in [-0.2, -0.15) is 11.8 Å². The van der Waals surface area contributed by atoms with E-state index in [9.17, 15) is 0 Å². The van der Waals surface area contributed by atoms with Crippen LogP contribution in [0.25, 0.3) is 0 Å². The first kappa shape index (κ1) is 11.3. The summed E-state index contributed by atoms with van der Waals surface area (Å²) in [6, 6.07) is 3.99. The summed E-state index contributed by atoms with van der Waals surface area (Å²) in [4.78, 5) is 6.45. The normalized spacial score (nSPS) is 10.2. The van der Waals surface area contributed by atoms with Crippen LogP contribution in [0.5, 0.6) is 0 Å². The molecular weight excluding hydrogens is 194 g/mol. The summed E-state index contributed by atoms with van der Waals surface area (Å²) in [6.07, 6.45) is 3.92. The van der Waals surface area contributed by atoms with Crippen LogP contribution in [0.15, 0.2) is 18.3 Å². The Labute approximate surface area is 89.7 Å². The average molecular weight is 211 g/mol. The molecule has 1 heterocycles. The largest absolute Gasteiger partial charge is 0.359 e. The van der Waals surface area contributed by atoms with Crippen LogP contribution in [0.4, 0.5) is 5.82 Å². The molecule has 0 bridgehead atoms. The van der Waals surface area contributed by atoms with Crippen molar-refractivity contribution in [1.29, 1.82) is 0 Å². The lowest BCUT2D eigenvalue weighted by molar-refractivity contribution is 0.937. The fraction of sp³-hybridized carbons (Fsp3) is 0.500. The lowest BCUT2D eigenvalue weighted by Gasteiger charge is -2.17. The highest BCUT2D eigenvalue weighted by molar-refractivity contribution is 7.98. The predicted octanol–water partition coefficient (Wildman–Crippen LogP) is 1.34. The third-order valence-electron chi connectivity index (χ3n) is 2.07. The number of rotatable bonds is 5. The molecule has 2 N–H and O–H groups in total. The van der Waals surface area contributed by atoms with Crippen molar-refractivity contribution >= 4 is 17.6 Å². The summed E-state index contributed by atoms with van der Waals surface area (Å²) in [5.41, 5.74) is 6.70. The minimum atomic E-state index is 0.575. The lowest BCUT2D eigenvalue weighted by atomic mass is 10.2. The van der Waals surface area contributed by atoms with Crippen LogP contribution in [0.1, 0.15) is 5.56 Å². The fourth-order valence-corrected chi connectivity index (χ4v) is 1.60. The Kier molecular flexibility index (Phi) is 4.76. The van der Waals surface area contributed by atoms with Gasteiger partial charge in [0.05, 0.1) is 0 Å². The SMILES string of the molecule is CSCCN(C)c1cc(CN)ccn1. The summed E-state index contributed by atoms with van der Waals surface area (Å²) in [6.45, 7) is 1.59. The first-order valence-electron chi connectivity index (χ1n) is 4.63. The van der Waals surface area contributed by atoms with Crippen LogP contribution in [-0.4, -0.2) is 30.6 Å². The maximum atomic E-state index is 5.57. The van der Waals surface area contributed by atoms with Crippen molar-refractivity contribution in [3.63, 3.8) is 0 Å². The molecular formula is C10H17N3S. The summed E-state index contributed by atoms with van der Waals surface area (Å²) in [5, 5.41) is 0. The monoisotopic (exact) mass is 211 g/mol. The van der Waals surface area contributed by atoms with Crippen molar-refractivity contribution in [2.75, 3.05) is 30.5 Å². The Bertz CT molecular complexity index is 278. The highest BCUT2D eigenvalue weighted by atomic mass is 32.2. The summed E-state index contributed by atoms with van der Waals surface area (Å²) >= 11 is 1.84. The third-order valence-corrected chi connectivity index (χ3v) is 2.66. The Morgan fingerprint density at radius 2 is 2.36 bits per heavy atom. The Morgan fingerprint density at radius 3 is 3.00 bits per heavy atom. The topological polar surface area (TPSA) is 42.1 Å². The minimum absolute atomic E-state index is 0.575. The molecule has 0 aliphatic rings. The first-order valence-corrected chi connectivity index (χ1v) is 6.02. The van der Waals surface area contributed by atoms with Gasteiger partial charge in [-0.05, 0) is 24.0 Å². The molecule has 0 aliphatic carbocycles. The molecule has 0 fully saturated rings. The fourth-order valence-electron chi connectivity index (χ4n) is 1.14. The number of pyridine rings is 1. The van der Waals surface area contributed by atoms with Crippen LogP contribution < -0.4 is 10.6 Å². The van der Waals surface area contributed by atoms with E-state index >= 15 is 0 Å². The standard InChI is InChI=1S/C10H17N3S/c1-13(5-6-14-2)10-7-9(8-11)3-4-12-10/h3-4,7H,5-6,8,11H2,1-2H3. The molecule has 0 unspecified atom stereocenters. The highest BCUT2D eigenvalue weighted by Crippen LogP contribution is 2.10. The van der Waals surface area contributed by atoms with Crippen LogP contribution in [0.3, 0.4) is 0 Å². The minimum Gasteiger partial charge on any atom is -0.359 e. The number of hydrogen-bond donors (Lipinski definition) is 1. The molecule has 4 heteroatoms. The number of nitrogens with zero attached hydrogens (tertiary/aromatic N) is 2. The summed E-state index contributed by atoms with van der Waals surface area (Å²) in [5.74, 6) is 2.12. The average Bonchev–Trinajstić information content (AvgIpc) is 2.26. The van der Waals surface area contributed by atoms with Gasteiger partial charge in [-0.3, -0.25) is 0 Å². The van der Waals surface area contributed by atoms with E-state index in [2.05, 4.69) is 23.2 Å². The van der Waals surface area contributed by atoms with Gasteiger partial charge in [0.25, 0.3) is 0 Å². The number of aromatic nitrogens is 1. The molecule has 1 aromatic rings. The molecule has 0 aromatic carbocycles. The van der Waals surface area contributed by atoms with E-state index in [-0.39, 0.29) is 0 Å². The second-order valence-electron chi connectivity index (χ2n) is 3.14. The maximum absolute atomic E-state index is 5.57. The van der Waals surface area contributed by atoms with Crippen molar-refractivity contribution in [2.24, 2.45) is 5.73 Å². The molecule has 0 aliphatic heterocycles. The van der Waals surface area contributed by atoms with Crippen molar-refractivity contribution in [1.82, 2.24) is 4.98 Å². The molecule has 3 nitrogen and oxygen atoms in total. The number of nitrogens with two attached hydrogens (primary N) is 1. The van der Waals surface area contributed by atoms with Crippen LogP contribution in [0.2, 0.25) is 0 Å². The smallest absolute Gasteiger partial charge is 0.128 e. The molecule has 0 radical (unpaired) electrons. The van der Waals surface area contributed by atoms with E-state index in [4.69, 9.17) is 5.73 Å². The van der Waals surface area contributed by atoms with E-state index in [1.54, 1.807) is 0 Å². The second kappa shape index (κ2) is 5.88. The number of thioether (sulfide) groups is 1. The zero-order valence-corrected chi connectivity index (χ0v) is 9.55. The zero-order valence-electron chi connectivity index (χ0n) is 8.73. The van der Waals surface area contributed by atoms with Gasteiger partial charge in [0, 0.05) is 32.1 Å². The van der Waals surface area contributed by atoms with Gasteiger partial charge >= 0.3 is 0 Å². The van der Waals surface area contributed by atoms with Crippen molar-refractivity contribution in [2.45, 2.75) is 6.54 Å². The van der Waals surface area contributed by atoms with Gasteiger partial charge in [0.1, 0.15) is 5.82 Å². The molecule has 0 saturated carbocycles. The molecule has 78 valence electrons. The summed E-state index contributed by atoms with van der Waals surface area (Å²) < 4.78 is 0. The van der Waals surface area contributed by atoms with E-state index in [0.717, 1.165) is 23.7 Å². The second-order valence-corrected chi connectivity index (χ2v) is 4.13. The third kappa shape index (κ3) is 3.20. The molecule has 1 aromatic heterocycles. The maximum Gasteiger partial charge on any atom is 0.128 e. The van der Waals surface area contributed by atoms with Gasteiger partial charge in [0.2, 0.25) is 0 Å². The van der Waals surface area contributed by atoms with Crippen LogP contribution in [-0.2, 0) is 6.54 Å². The van der Waals surface area contributed by atoms with Gasteiger partial charge in [-0.25, -0.2) is 4.98 Å². The molecule has 14 heavy (non-hydrogen) atoms. The Balaban J connectivity index is 2.64. The van der Waals surface area contributed by atoms with E-state index in [0.29, 0.717) is 6.54 Å². The van der Waals surface area contributed by atoms with Crippen molar-refractivity contribution in [3.8, 4) is 0 Å². The molecule has 0 atom stereocenters. The number of anilines is 1. The van der Waals surface area contributed by atoms with E-state index in [1.807, 2.05) is 30.1 Å². The summed E-state index contributed by atoms with van der Waals surface area (Å²) in [7, 11) is 2.05. The molecule has 0 amide bonds. The molecule has 1 rings (SSSR count). The van der Waals surface area contributed by atoms with E-state index < -0.39 is 0 Å². The van der Waals surface area contributed by atoms with Crippen molar-refractivity contribution in [3.05, 3.63) is 23.9 Å². The zero-order chi connectivity index (χ0) is 10.4. The number of hydrogen-bond acceptors (Lipinski definition) is 4. The predicted molar refractivity (Wildman–Crippen MR) is 63.8 cm³/mol. The molecule has 0 spiro atoms. The highest BCUT2D eigenvalue weighted by Gasteiger charge is 2.01. The molecule has 0 saturated heterocycles. The van der Waals surface area contributed by atoms with Crippen LogP contribution in [0, 0.1) is 0 Å². The van der Waals surface area contributed by atoms with Gasteiger partial charge in [-0.1, -0.05) is 0 Å². The first-order chi connectivity index (χ1) is 6.77. The lowest BCUT2D eigenvalue weighted by Crippen LogP contribution is -2.21.